The SMILES string of the molecule is CCC(C)(CC)C(=O)/C=C(\O)C(C)(CC)CC.[Ir].[c-]1c(-c2ncnc3c4c(oc23)-c2ccccc2CC4)cc(-c2ccccc2)c2ccccc12. The van der Waals surface area contributed by atoms with Gasteiger partial charge >= 0.3 is 0 Å². The molecule has 1 N–H and O–H groups in total. The first kappa shape index (κ1) is 37.9. The van der Waals surface area contributed by atoms with Crippen LogP contribution >= 0.6 is 0 Å². The molecule has 1 aliphatic carbocycles. The summed E-state index contributed by atoms with van der Waals surface area (Å²) >= 11 is 0. The zero-order valence-corrected chi connectivity index (χ0v) is 32.9. The van der Waals surface area contributed by atoms with Gasteiger partial charge in [0, 0.05) is 48.1 Å². The van der Waals surface area contributed by atoms with Crippen molar-refractivity contribution in [1.82, 2.24) is 9.97 Å². The summed E-state index contributed by atoms with van der Waals surface area (Å²) in [6, 6.07) is 33.1. The third-order valence-electron chi connectivity index (χ3n) is 11.2. The summed E-state index contributed by atoms with van der Waals surface area (Å²) in [4.78, 5) is 21.5. The number of carbonyl (C=O) groups is 1. The molecule has 4 aromatic carbocycles. The smallest absolute Gasteiger partial charge is 0.164 e. The maximum Gasteiger partial charge on any atom is 0.164 e. The number of hydrogen-bond donors (Lipinski definition) is 1. The van der Waals surface area contributed by atoms with E-state index in [1.807, 2.05) is 47.6 Å². The Kier molecular flexibility index (Phi) is 11.8. The summed E-state index contributed by atoms with van der Waals surface area (Å²) in [5.74, 6) is 1.21. The van der Waals surface area contributed by atoms with Crippen molar-refractivity contribution in [2.45, 2.75) is 80.1 Å². The molecule has 2 aromatic heterocycles. The van der Waals surface area contributed by atoms with Gasteiger partial charge in [-0.15, -0.1) is 23.6 Å². The number of carbonyl (C=O) groups excluding carboxylic acids is 1. The van der Waals surface area contributed by atoms with Crippen LogP contribution in [-0.4, -0.2) is 20.9 Å². The molecule has 2 heterocycles. The zero-order chi connectivity index (χ0) is 35.5. The van der Waals surface area contributed by atoms with Crippen LogP contribution in [0.25, 0.3) is 55.6 Å². The molecule has 0 amide bonds. The minimum absolute atomic E-state index is 0. The second kappa shape index (κ2) is 15.9. The van der Waals surface area contributed by atoms with Gasteiger partial charge < -0.3 is 9.52 Å². The largest absolute Gasteiger partial charge is 0.512 e. The molecule has 0 unspecified atom stereocenters. The number of allylic oxidation sites excluding steroid dienone is 2. The number of benzene rings is 4. The van der Waals surface area contributed by atoms with Crippen LogP contribution in [0.3, 0.4) is 0 Å². The molecule has 6 aromatic rings. The van der Waals surface area contributed by atoms with Gasteiger partial charge in [0.15, 0.2) is 5.78 Å². The van der Waals surface area contributed by atoms with Gasteiger partial charge in [-0.2, -0.15) is 0 Å². The minimum atomic E-state index is -0.337. The molecule has 0 saturated heterocycles. The van der Waals surface area contributed by atoms with Gasteiger partial charge in [0.25, 0.3) is 0 Å². The van der Waals surface area contributed by atoms with Gasteiger partial charge in [-0.05, 0) is 49.7 Å². The van der Waals surface area contributed by atoms with Crippen molar-refractivity contribution in [2.75, 3.05) is 0 Å². The van der Waals surface area contributed by atoms with Crippen LogP contribution in [0, 0.1) is 16.9 Å². The fourth-order valence-electron chi connectivity index (χ4n) is 6.72. The molecule has 7 rings (SSSR count). The second-order valence-electron chi connectivity index (χ2n) is 13.9. The van der Waals surface area contributed by atoms with Gasteiger partial charge in [0.05, 0.1) is 5.69 Å². The number of aryl methyl sites for hydroxylation is 2. The number of aliphatic hydroxyl groups is 1. The average Bonchev–Trinajstić information content (AvgIpc) is 3.57. The summed E-state index contributed by atoms with van der Waals surface area (Å²) in [7, 11) is 0. The maximum atomic E-state index is 12.2. The summed E-state index contributed by atoms with van der Waals surface area (Å²) in [5, 5.41) is 12.4. The standard InChI is InChI=1S/C30H19N2O.C15H28O2.Ir/c1-2-8-19(9-3-1)26-17-22(16-21-11-5-6-12-23(21)26)27-30-28(32-18-31-27)25-15-14-20-10-4-7-13-24(20)29(25)33-30;1-7-14(5,8-2)12(16)11-13(17)15(6,9-3)10-4;/h1-13,17-18H,14-15H2;11,16H,7-10H2,1-6H3;/q-1;;/b;12-11-;. The van der Waals surface area contributed by atoms with E-state index in [1.54, 1.807) is 6.33 Å². The molecule has 0 bridgehead atoms. The number of aromatic nitrogens is 2. The topological polar surface area (TPSA) is 76.2 Å². The molecule has 6 heteroatoms. The first-order chi connectivity index (χ1) is 24.2. The van der Waals surface area contributed by atoms with Crippen molar-refractivity contribution in [2.24, 2.45) is 10.8 Å². The Morgan fingerprint density at radius 1 is 0.824 bits per heavy atom. The number of furan rings is 1. The molecule has 0 saturated carbocycles. The van der Waals surface area contributed by atoms with Crippen molar-refractivity contribution in [3.05, 3.63) is 120 Å². The molecule has 51 heavy (non-hydrogen) atoms. The van der Waals surface area contributed by atoms with Crippen molar-refractivity contribution >= 4 is 27.7 Å². The fourth-order valence-corrected chi connectivity index (χ4v) is 6.72. The molecular weight excluding hydrogens is 809 g/mol. The van der Waals surface area contributed by atoms with E-state index in [-0.39, 0.29) is 42.5 Å². The molecule has 265 valence electrons. The van der Waals surface area contributed by atoms with Crippen LogP contribution < -0.4 is 0 Å². The van der Waals surface area contributed by atoms with Crippen molar-refractivity contribution in [3.63, 3.8) is 0 Å². The zero-order valence-electron chi connectivity index (χ0n) is 30.5. The van der Waals surface area contributed by atoms with E-state index in [0.29, 0.717) is 0 Å². The average molecular weight is 856 g/mol. The predicted octanol–water partition coefficient (Wildman–Crippen LogP) is 11.9. The summed E-state index contributed by atoms with van der Waals surface area (Å²) < 4.78 is 6.52. The van der Waals surface area contributed by atoms with E-state index in [0.717, 1.165) is 83.2 Å². The van der Waals surface area contributed by atoms with Gasteiger partial charge in [-0.3, -0.25) is 9.78 Å². The maximum absolute atomic E-state index is 12.2. The van der Waals surface area contributed by atoms with Crippen molar-refractivity contribution in [3.8, 4) is 33.7 Å². The number of nitrogens with zero attached hydrogens (tertiary/aromatic N) is 2. The van der Waals surface area contributed by atoms with Gasteiger partial charge in [-0.25, -0.2) is 4.98 Å². The molecule has 0 atom stereocenters. The van der Waals surface area contributed by atoms with Crippen LogP contribution in [0.4, 0.5) is 0 Å². The normalized spacial score (nSPS) is 12.8. The van der Waals surface area contributed by atoms with Crippen LogP contribution in [0.5, 0.6) is 0 Å². The Labute approximate surface area is 315 Å². The molecular formula is C45H47IrN2O3-. The Morgan fingerprint density at radius 2 is 1.47 bits per heavy atom. The number of hydrogen-bond acceptors (Lipinski definition) is 5. The van der Waals surface area contributed by atoms with Crippen molar-refractivity contribution < 1.29 is 34.4 Å². The summed E-state index contributed by atoms with van der Waals surface area (Å²) in [6.45, 7) is 12.1. The summed E-state index contributed by atoms with van der Waals surface area (Å²) in [6.07, 6.45) is 8.33. The number of ketones is 1. The van der Waals surface area contributed by atoms with Crippen LogP contribution in [-0.2, 0) is 37.7 Å². The molecule has 1 aliphatic rings. The van der Waals surface area contributed by atoms with Crippen LogP contribution in [0.15, 0.2) is 108 Å². The van der Waals surface area contributed by atoms with Gasteiger partial charge in [0.2, 0.25) is 0 Å². The minimum Gasteiger partial charge on any atom is -0.512 e. The Balaban J connectivity index is 0.000000242. The number of rotatable bonds is 9. The van der Waals surface area contributed by atoms with E-state index in [9.17, 15) is 9.90 Å². The number of aliphatic hydroxyl groups excluding tert-OH is 1. The first-order valence-electron chi connectivity index (χ1n) is 18.0. The Hall–Kier alpha value is -4.38. The molecule has 5 nitrogen and oxygen atoms in total. The van der Waals surface area contributed by atoms with Crippen molar-refractivity contribution in [1.29, 1.82) is 0 Å². The van der Waals surface area contributed by atoms with Gasteiger partial charge in [-0.1, -0.05) is 131 Å². The fraction of sp³-hybridized carbons (Fsp3) is 0.311. The third kappa shape index (κ3) is 7.36. The Bertz CT molecular complexity index is 2180. The van der Waals surface area contributed by atoms with E-state index < -0.39 is 0 Å². The molecule has 0 aliphatic heterocycles. The third-order valence-corrected chi connectivity index (χ3v) is 11.2. The van der Waals surface area contributed by atoms with E-state index in [2.05, 4.69) is 94.9 Å². The molecule has 0 fully saturated rings. The molecule has 1 radical (unpaired) electrons. The number of fused-ring (bicyclic) bond motifs is 6. The van der Waals surface area contributed by atoms with E-state index in [1.165, 1.54) is 28.2 Å². The van der Waals surface area contributed by atoms with E-state index in [4.69, 9.17) is 4.42 Å². The summed E-state index contributed by atoms with van der Waals surface area (Å²) in [5.41, 5.74) is 8.74. The van der Waals surface area contributed by atoms with E-state index >= 15 is 0 Å². The molecule has 0 spiro atoms. The van der Waals surface area contributed by atoms with Crippen LogP contribution in [0.2, 0.25) is 0 Å². The van der Waals surface area contributed by atoms with Gasteiger partial charge in [0.1, 0.15) is 28.9 Å². The Morgan fingerprint density at radius 3 is 2.18 bits per heavy atom. The van der Waals surface area contributed by atoms with Crippen LogP contribution in [0.1, 0.15) is 78.4 Å². The predicted molar refractivity (Wildman–Crippen MR) is 205 cm³/mol. The second-order valence-corrected chi connectivity index (χ2v) is 13.9. The first-order valence-corrected chi connectivity index (χ1v) is 18.0. The quantitative estimate of drug-likeness (QED) is 0.0890. The monoisotopic (exact) mass is 856 g/mol.